The van der Waals surface area contributed by atoms with Crippen LogP contribution in [0.25, 0.3) is 66.1 Å². The van der Waals surface area contributed by atoms with Gasteiger partial charge < -0.3 is 9.13 Å². The van der Waals surface area contributed by atoms with Crippen LogP contribution in [-0.2, 0) is 0 Å². The van der Waals surface area contributed by atoms with Gasteiger partial charge in [-0.1, -0.05) is 273 Å². The Bertz CT molecular complexity index is 3970. The van der Waals surface area contributed by atoms with Crippen molar-refractivity contribution in [1.82, 2.24) is 9.13 Å². The molecule has 0 fully saturated rings. The molecule has 0 aliphatic rings. The first-order chi connectivity index (χ1) is 38.7. The molecule has 0 saturated heterocycles. The minimum absolute atomic E-state index is 0.594. The van der Waals surface area contributed by atoms with Gasteiger partial charge in [0, 0.05) is 21.5 Å². The zero-order valence-electron chi connectivity index (χ0n) is 42.8. The number of hydrogen-bond donors (Lipinski definition) is 0. The van der Waals surface area contributed by atoms with Crippen LogP contribution in [-0.4, -0.2) is 25.3 Å². The van der Waals surface area contributed by atoms with E-state index in [4.69, 9.17) is 0 Å². The Labute approximate surface area is 456 Å². The van der Waals surface area contributed by atoms with Crippen molar-refractivity contribution >= 4 is 101 Å². The van der Waals surface area contributed by atoms with Gasteiger partial charge in [-0.15, -0.1) is 0 Å². The summed E-state index contributed by atoms with van der Waals surface area (Å²) < 4.78 is 4.67. The topological polar surface area (TPSA) is 33.6 Å². The normalized spacial score (nSPS) is 11.8. The summed E-state index contributed by atoms with van der Waals surface area (Å²) in [5, 5.41) is 26.8. The average Bonchev–Trinajstić information content (AvgIpc) is 4.16. The standard InChI is InChI=1S/C73H51N3Si2/c74-52-67-72(75-68-43-23-19-39-63(68)64-40-20-24-44-69(64)75)49-54(50-73(67)76-70-45-25-21-41-65(70)66-42-22-26-46-71(66)76)53-47-61(77(55-27-7-1-8-28-55,56-29-9-2-10-30-56)57-31-11-3-12-32-57)51-62(48-53)78(58-33-13-4-14-34-58,59-35-15-5-16-36-59)60-37-17-6-18-38-60/h1-51H. The van der Waals surface area contributed by atoms with Gasteiger partial charge in [-0.2, -0.15) is 5.26 Å². The van der Waals surface area contributed by atoms with E-state index in [1.807, 2.05) is 0 Å². The molecule has 0 radical (unpaired) electrons. The van der Waals surface area contributed by atoms with Crippen LogP contribution in [0.5, 0.6) is 0 Å². The molecular formula is C73H51N3Si2. The highest BCUT2D eigenvalue weighted by atomic mass is 28.3. The molecule has 5 heteroatoms. The molecule has 366 valence electrons. The van der Waals surface area contributed by atoms with E-state index >= 15 is 0 Å². The summed E-state index contributed by atoms with van der Waals surface area (Å²) >= 11 is 0. The van der Waals surface area contributed by atoms with Crippen LogP contribution in [0.15, 0.2) is 309 Å². The molecular weight excluding hydrogens is 975 g/mol. The molecule has 0 aliphatic heterocycles. The first-order valence-electron chi connectivity index (χ1n) is 26.7. The van der Waals surface area contributed by atoms with Crippen molar-refractivity contribution in [2.75, 3.05) is 0 Å². The molecule has 14 aromatic rings. The third kappa shape index (κ3) is 7.30. The number of hydrogen-bond acceptors (Lipinski definition) is 1. The SMILES string of the molecule is N#Cc1c(-n2c3ccccc3c3ccccc32)cc(-c2cc([Si](c3ccccc3)(c3ccccc3)c3ccccc3)cc([Si](c3ccccc3)(c3ccccc3)c3ccccc3)c2)cc1-n1c2ccccc2c2ccccc21. The van der Waals surface area contributed by atoms with Gasteiger partial charge in [-0.25, -0.2) is 0 Å². The van der Waals surface area contributed by atoms with Crippen molar-refractivity contribution in [3.63, 3.8) is 0 Å². The number of rotatable bonds is 11. The molecule has 12 aromatic carbocycles. The minimum atomic E-state index is -3.21. The van der Waals surface area contributed by atoms with Crippen molar-refractivity contribution in [3.05, 3.63) is 315 Å². The van der Waals surface area contributed by atoms with Gasteiger partial charge in [0.05, 0.1) is 33.4 Å². The first kappa shape index (κ1) is 46.7. The van der Waals surface area contributed by atoms with Gasteiger partial charge in [0.25, 0.3) is 0 Å². The van der Waals surface area contributed by atoms with Crippen LogP contribution >= 0.6 is 0 Å². The molecule has 14 rings (SSSR count). The molecule has 78 heavy (non-hydrogen) atoms. The van der Waals surface area contributed by atoms with Crippen LogP contribution in [0.1, 0.15) is 5.56 Å². The van der Waals surface area contributed by atoms with Crippen molar-refractivity contribution in [2.24, 2.45) is 0 Å². The van der Waals surface area contributed by atoms with Gasteiger partial charge in [0.1, 0.15) is 11.6 Å². The van der Waals surface area contributed by atoms with Crippen LogP contribution < -0.4 is 41.5 Å². The number of aromatic nitrogens is 2. The summed E-state index contributed by atoms with van der Waals surface area (Å²) in [6.07, 6.45) is 0. The molecule has 2 aromatic heterocycles. The summed E-state index contributed by atoms with van der Waals surface area (Å²) in [4.78, 5) is 0. The van der Waals surface area contributed by atoms with E-state index in [2.05, 4.69) is 325 Å². The maximum absolute atomic E-state index is 11.9. The predicted molar refractivity (Wildman–Crippen MR) is 333 cm³/mol. The molecule has 0 atom stereocenters. The predicted octanol–water partition coefficient (Wildman–Crippen LogP) is 12.2. The highest BCUT2D eigenvalue weighted by Gasteiger charge is 2.46. The maximum Gasteiger partial charge on any atom is 0.179 e. The molecule has 0 bridgehead atoms. The smallest absolute Gasteiger partial charge is 0.179 e. The van der Waals surface area contributed by atoms with E-state index in [-0.39, 0.29) is 0 Å². The summed E-state index contributed by atoms with van der Waals surface area (Å²) in [6.45, 7) is 0. The third-order valence-corrected chi connectivity index (χ3v) is 25.7. The Morgan fingerprint density at radius 1 is 0.244 bits per heavy atom. The molecule has 0 aliphatic carbocycles. The summed E-state index contributed by atoms with van der Waals surface area (Å²) in [7, 11) is -6.43. The molecule has 0 N–H and O–H groups in total. The largest absolute Gasteiger partial charge is 0.308 e. The number of para-hydroxylation sites is 4. The molecule has 0 saturated carbocycles. The number of benzene rings is 12. The fourth-order valence-corrected chi connectivity index (χ4v) is 22.8. The lowest BCUT2D eigenvalue weighted by atomic mass is 9.99. The van der Waals surface area contributed by atoms with Crippen LogP contribution in [0.2, 0.25) is 0 Å². The second-order valence-corrected chi connectivity index (χ2v) is 27.9. The zero-order valence-corrected chi connectivity index (χ0v) is 44.8. The van der Waals surface area contributed by atoms with E-state index in [0.29, 0.717) is 5.56 Å². The van der Waals surface area contributed by atoms with Gasteiger partial charge in [0.15, 0.2) is 16.1 Å². The highest BCUT2D eigenvalue weighted by molar-refractivity contribution is 7.22. The van der Waals surface area contributed by atoms with Crippen LogP contribution in [0.4, 0.5) is 0 Å². The summed E-state index contributed by atoms with van der Waals surface area (Å²) in [5.41, 5.74) is 8.51. The third-order valence-electron chi connectivity index (χ3n) is 16.2. The molecule has 0 spiro atoms. The Kier molecular flexibility index (Phi) is 11.6. The van der Waals surface area contributed by atoms with Crippen LogP contribution in [0.3, 0.4) is 0 Å². The highest BCUT2D eigenvalue weighted by Crippen LogP contribution is 2.40. The first-order valence-corrected chi connectivity index (χ1v) is 30.7. The fourth-order valence-electron chi connectivity index (χ4n) is 13.0. The van der Waals surface area contributed by atoms with Gasteiger partial charge >= 0.3 is 0 Å². The number of nitrogens with zero attached hydrogens (tertiary/aromatic N) is 3. The Balaban J connectivity index is 1.20. The monoisotopic (exact) mass is 1030 g/mol. The van der Waals surface area contributed by atoms with E-state index in [0.717, 1.165) is 66.1 Å². The van der Waals surface area contributed by atoms with Crippen molar-refractivity contribution in [3.8, 4) is 28.6 Å². The minimum Gasteiger partial charge on any atom is -0.308 e. The Hall–Kier alpha value is -9.84. The van der Waals surface area contributed by atoms with E-state index in [1.54, 1.807) is 0 Å². The van der Waals surface area contributed by atoms with E-state index < -0.39 is 16.1 Å². The second kappa shape index (κ2) is 19.4. The van der Waals surface area contributed by atoms with Crippen molar-refractivity contribution in [1.29, 1.82) is 5.26 Å². The van der Waals surface area contributed by atoms with E-state index in [9.17, 15) is 5.26 Å². The molecule has 0 amide bonds. The van der Waals surface area contributed by atoms with Crippen LogP contribution in [0, 0.1) is 11.3 Å². The fraction of sp³-hybridized carbons (Fsp3) is 0. The number of fused-ring (bicyclic) bond motifs is 6. The molecule has 3 nitrogen and oxygen atoms in total. The lowest BCUT2D eigenvalue weighted by Gasteiger charge is -2.38. The molecule has 0 unspecified atom stereocenters. The summed E-state index contributed by atoms with van der Waals surface area (Å²) in [5.74, 6) is 0. The maximum atomic E-state index is 11.9. The zero-order chi connectivity index (χ0) is 52.0. The van der Waals surface area contributed by atoms with Gasteiger partial charge in [0.2, 0.25) is 0 Å². The quantitative estimate of drug-likeness (QED) is 0.0939. The lowest BCUT2D eigenvalue weighted by molar-refractivity contribution is 1.12. The van der Waals surface area contributed by atoms with Gasteiger partial charge in [-0.3, -0.25) is 0 Å². The summed E-state index contributed by atoms with van der Waals surface area (Å²) in [6, 6.07) is 117. The van der Waals surface area contributed by atoms with Gasteiger partial charge in [-0.05, 0) is 89.0 Å². The Morgan fingerprint density at radius 2 is 0.474 bits per heavy atom. The average molecular weight is 1030 g/mol. The lowest BCUT2D eigenvalue weighted by Crippen LogP contribution is -2.78. The van der Waals surface area contributed by atoms with Crippen molar-refractivity contribution < 1.29 is 0 Å². The second-order valence-electron chi connectivity index (χ2n) is 20.2. The van der Waals surface area contributed by atoms with Crippen molar-refractivity contribution in [2.45, 2.75) is 0 Å². The molecule has 2 heterocycles. The number of nitriles is 1. The van der Waals surface area contributed by atoms with E-state index in [1.165, 1.54) is 41.5 Å². The Morgan fingerprint density at radius 3 is 0.731 bits per heavy atom.